The van der Waals surface area contributed by atoms with Crippen LogP contribution in [0.25, 0.3) is 0 Å². The van der Waals surface area contributed by atoms with Gasteiger partial charge in [-0.3, -0.25) is 16.2 Å². The van der Waals surface area contributed by atoms with Crippen LogP contribution in [-0.2, 0) is 18.1 Å². The van der Waals surface area contributed by atoms with Crippen molar-refractivity contribution in [2.45, 2.75) is 25.1 Å². The third-order valence-corrected chi connectivity index (χ3v) is 4.66. The summed E-state index contributed by atoms with van der Waals surface area (Å²) in [5.41, 5.74) is 8.55. The summed E-state index contributed by atoms with van der Waals surface area (Å²) in [6.45, 7) is 2.07. The van der Waals surface area contributed by atoms with Gasteiger partial charge in [-0.25, -0.2) is 4.39 Å². The number of hydrogen-bond acceptors (Lipinski definition) is 7. The van der Waals surface area contributed by atoms with Gasteiger partial charge in [0.1, 0.15) is 24.7 Å². The van der Waals surface area contributed by atoms with Gasteiger partial charge in [0.2, 0.25) is 0 Å². The maximum Gasteiger partial charge on any atom is 0.144 e. The molecule has 0 spiro atoms. The molecule has 0 amide bonds. The second-order valence-corrected chi connectivity index (χ2v) is 6.21. The molecule has 0 aliphatic carbocycles. The third kappa shape index (κ3) is 4.51. The molecule has 26 heavy (non-hydrogen) atoms. The molecule has 142 valence electrons. The molecule has 0 aromatic heterocycles. The van der Waals surface area contributed by atoms with Gasteiger partial charge in [0.15, 0.2) is 0 Å². The Labute approximate surface area is 157 Å². The topological polar surface area (TPSA) is 80.6 Å². The number of benzene rings is 2. The average Bonchev–Trinajstić information content (AvgIpc) is 2.68. The maximum atomic E-state index is 13.7. The first-order chi connectivity index (χ1) is 12.7. The number of methoxy groups -OCH3 is 1. The number of nitrogens with two attached hydrogens (primary N) is 1. The summed E-state index contributed by atoms with van der Waals surface area (Å²) < 4.78 is 19.1. The Kier molecular flexibility index (Phi) is 7.83. The molecule has 5 N–H and O–H groups in total. The van der Waals surface area contributed by atoms with E-state index in [9.17, 15) is 4.39 Å². The highest BCUT2D eigenvalue weighted by Gasteiger charge is 2.18. The van der Waals surface area contributed by atoms with Crippen LogP contribution < -0.4 is 26.8 Å². The molecule has 8 heteroatoms. The first-order valence-corrected chi connectivity index (χ1v) is 9.42. The number of anilines is 3. The lowest BCUT2D eigenvalue weighted by atomic mass is 10.0. The van der Waals surface area contributed by atoms with Crippen molar-refractivity contribution in [2.75, 3.05) is 36.1 Å². The molecule has 0 radical (unpaired) electrons. The van der Waals surface area contributed by atoms with Crippen LogP contribution in [0.15, 0.2) is 35.2 Å². The van der Waals surface area contributed by atoms with Crippen LogP contribution in [0.5, 0.6) is 5.75 Å². The van der Waals surface area contributed by atoms with Gasteiger partial charge in [-0.1, -0.05) is 12.1 Å². The van der Waals surface area contributed by atoms with Gasteiger partial charge in [0.05, 0.1) is 18.5 Å². The van der Waals surface area contributed by atoms with E-state index < -0.39 is 6.67 Å². The van der Waals surface area contributed by atoms with Gasteiger partial charge in [-0.05, 0) is 36.9 Å². The van der Waals surface area contributed by atoms with E-state index in [4.69, 9.17) is 15.4 Å². The Bertz CT molecular complexity index is 731. The number of ether oxygens (including phenoxy) is 1. The number of rotatable bonds is 10. The first kappa shape index (κ1) is 20.2. The van der Waals surface area contributed by atoms with E-state index in [-0.39, 0.29) is 6.61 Å². The van der Waals surface area contributed by atoms with Gasteiger partial charge < -0.3 is 15.5 Å². The number of nitrogen functional groups attached to an aromatic ring is 1. The minimum Gasteiger partial charge on any atom is -0.494 e. The molecule has 0 saturated carbocycles. The van der Waals surface area contributed by atoms with E-state index >= 15 is 0 Å². The van der Waals surface area contributed by atoms with E-state index in [1.807, 2.05) is 37.4 Å². The second-order valence-electron chi connectivity index (χ2n) is 5.37. The molecule has 0 aliphatic heterocycles. The summed E-state index contributed by atoms with van der Waals surface area (Å²) in [6, 6.07) is 9.55. The first-order valence-electron chi connectivity index (χ1n) is 8.20. The van der Waals surface area contributed by atoms with Crippen molar-refractivity contribution < 1.29 is 14.0 Å². The molecule has 0 aliphatic rings. The summed E-state index contributed by atoms with van der Waals surface area (Å²) in [6.07, 6.45) is 1.99. The van der Waals surface area contributed by atoms with Crippen molar-refractivity contribution in [3.8, 4) is 5.75 Å². The second kappa shape index (κ2) is 10.1. The largest absolute Gasteiger partial charge is 0.494 e. The van der Waals surface area contributed by atoms with Crippen LogP contribution >= 0.6 is 11.8 Å². The summed E-state index contributed by atoms with van der Waals surface area (Å²) in [5.74, 6) is 6.21. The van der Waals surface area contributed by atoms with Crippen LogP contribution in [0.1, 0.15) is 18.1 Å². The molecule has 2 aromatic rings. The summed E-state index contributed by atoms with van der Waals surface area (Å²) in [7, 11) is 1.56. The Morgan fingerprint density at radius 2 is 2.00 bits per heavy atom. The third-order valence-electron chi connectivity index (χ3n) is 3.86. The molecular weight excluding hydrogens is 355 g/mol. The van der Waals surface area contributed by atoms with Crippen molar-refractivity contribution in [1.82, 2.24) is 0 Å². The average molecular weight is 380 g/mol. The Hall–Kier alpha value is -2.16. The highest BCUT2D eigenvalue weighted by atomic mass is 32.2. The molecule has 0 unspecified atom stereocenters. The van der Waals surface area contributed by atoms with Crippen LogP contribution in [-0.4, -0.2) is 19.9 Å². The monoisotopic (exact) mass is 380 g/mol. The minimum absolute atomic E-state index is 0.152. The van der Waals surface area contributed by atoms with Gasteiger partial charge in [0.25, 0.3) is 0 Å². The van der Waals surface area contributed by atoms with Crippen LogP contribution in [0, 0.1) is 0 Å². The highest BCUT2D eigenvalue weighted by Crippen LogP contribution is 2.38. The molecule has 2 rings (SSSR count). The lowest BCUT2D eigenvalue weighted by molar-refractivity contribution is 0.178. The number of nitrogens with one attached hydrogen (secondary N) is 3. The number of halogens is 1. The fourth-order valence-corrected chi connectivity index (χ4v) is 3.17. The molecule has 2 aromatic carbocycles. The van der Waals surface area contributed by atoms with E-state index in [1.165, 1.54) is 0 Å². The fourth-order valence-electron chi connectivity index (χ4n) is 2.63. The Morgan fingerprint density at radius 1 is 1.23 bits per heavy atom. The van der Waals surface area contributed by atoms with Gasteiger partial charge >= 0.3 is 0 Å². The molecule has 0 heterocycles. The van der Waals surface area contributed by atoms with Gasteiger partial charge in [0, 0.05) is 17.0 Å². The van der Waals surface area contributed by atoms with Crippen molar-refractivity contribution >= 4 is 28.8 Å². The number of hydrogen-bond donors (Lipinski definition) is 4. The lowest BCUT2D eigenvalue weighted by Gasteiger charge is -2.20. The molecular formula is C18H25FN4O2S. The van der Waals surface area contributed by atoms with E-state index in [1.54, 1.807) is 24.9 Å². The quantitative estimate of drug-likeness (QED) is 0.280. The van der Waals surface area contributed by atoms with Gasteiger partial charge in [-0.15, -0.1) is 11.8 Å². The summed E-state index contributed by atoms with van der Waals surface area (Å²) in [5, 5.41) is 3.15. The van der Waals surface area contributed by atoms with Crippen LogP contribution in [0.2, 0.25) is 0 Å². The number of thioether (sulfide) groups is 1. The van der Waals surface area contributed by atoms with Gasteiger partial charge in [-0.2, -0.15) is 0 Å². The zero-order valence-corrected chi connectivity index (χ0v) is 16.0. The SMILES string of the molecule is CCNc1c(OC)cc(CONc2ccccc2SC)c(CF)c1NN. The van der Waals surface area contributed by atoms with Crippen LogP contribution in [0.3, 0.4) is 0 Å². The van der Waals surface area contributed by atoms with Crippen molar-refractivity contribution in [1.29, 1.82) is 0 Å². The highest BCUT2D eigenvalue weighted by molar-refractivity contribution is 7.98. The molecule has 0 saturated heterocycles. The predicted octanol–water partition coefficient (Wildman–Crippen LogP) is 4.15. The maximum absolute atomic E-state index is 13.7. The molecule has 0 fully saturated rings. The Balaban J connectivity index is 2.25. The summed E-state index contributed by atoms with van der Waals surface area (Å²) in [4.78, 5) is 6.67. The minimum atomic E-state index is -0.679. The summed E-state index contributed by atoms with van der Waals surface area (Å²) >= 11 is 1.61. The predicted molar refractivity (Wildman–Crippen MR) is 106 cm³/mol. The van der Waals surface area contributed by atoms with Crippen molar-refractivity contribution in [3.63, 3.8) is 0 Å². The molecule has 0 bridgehead atoms. The van der Waals surface area contributed by atoms with E-state index in [0.717, 1.165) is 10.6 Å². The number of hydrazine groups is 1. The number of alkyl halides is 1. The van der Waals surface area contributed by atoms with Crippen molar-refractivity contribution in [2.24, 2.45) is 5.84 Å². The smallest absolute Gasteiger partial charge is 0.144 e. The van der Waals surface area contributed by atoms with Crippen LogP contribution in [0.4, 0.5) is 21.5 Å². The normalized spacial score (nSPS) is 10.5. The molecule has 0 atom stereocenters. The lowest BCUT2D eigenvalue weighted by Crippen LogP contribution is -2.15. The van der Waals surface area contributed by atoms with E-state index in [2.05, 4.69) is 16.2 Å². The van der Waals surface area contributed by atoms with Crippen molar-refractivity contribution in [3.05, 3.63) is 41.5 Å². The fraction of sp³-hybridized carbons (Fsp3) is 0.333. The zero-order valence-electron chi connectivity index (χ0n) is 15.2. The van der Waals surface area contributed by atoms with E-state index in [0.29, 0.717) is 34.8 Å². The number of para-hydroxylation sites is 1. The standard InChI is InChI=1S/C18H25FN4O2S/c1-4-21-18-15(24-2)9-12(13(10-19)17(18)22-20)11-25-23-14-7-5-6-8-16(14)26-3/h5-9,21-23H,4,10-11,20H2,1-3H3. The molecule has 6 nitrogen and oxygen atoms in total. The Morgan fingerprint density at radius 3 is 2.62 bits per heavy atom. The zero-order chi connectivity index (χ0) is 18.9.